The van der Waals surface area contributed by atoms with E-state index in [1.165, 1.54) is 0 Å². The fourth-order valence-corrected chi connectivity index (χ4v) is 0.544. The van der Waals surface area contributed by atoms with Crippen LogP contribution >= 0.6 is 12.2 Å². The minimum Gasteiger partial charge on any atom is -0.361 e. The molecule has 2 heteroatoms. The Balaban J connectivity index is 3.44. The Morgan fingerprint density at radius 1 is 1.75 bits per heavy atom. The van der Waals surface area contributed by atoms with E-state index in [4.69, 9.17) is 0 Å². The zero-order valence-electron chi connectivity index (χ0n) is 5.64. The molecule has 1 radical (unpaired) electrons. The molecule has 1 unspecified atom stereocenters. The Morgan fingerprint density at radius 2 is 2.25 bits per heavy atom. The molecular formula is C6H12NS. The van der Waals surface area contributed by atoms with Gasteiger partial charge < -0.3 is 4.90 Å². The summed E-state index contributed by atoms with van der Waals surface area (Å²) in [6.07, 6.45) is 1.13. The highest BCUT2D eigenvalue weighted by Gasteiger charge is 1.99. The first-order chi connectivity index (χ1) is 3.72. The highest BCUT2D eigenvalue weighted by molar-refractivity contribution is 7.78. The van der Waals surface area contributed by atoms with Gasteiger partial charge in [-0.2, -0.15) is 0 Å². The lowest BCUT2D eigenvalue weighted by atomic mass is 10.2. The van der Waals surface area contributed by atoms with Crippen LogP contribution in [0.15, 0.2) is 0 Å². The fourth-order valence-electron chi connectivity index (χ4n) is 0.364. The molecule has 0 N–H and O–H groups in total. The average Bonchev–Trinajstić information content (AvgIpc) is 1.84. The Hall–Kier alpha value is -0.110. The Kier molecular flexibility index (Phi) is 3.79. The van der Waals surface area contributed by atoms with Crippen molar-refractivity contribution in [3.63, 3.8) is 0 Å². The summed E-state index contributed by atoms with van der Waals surface area (Å²) in [6.45, 7) is 4.26. The van der Waals surface area contributed by atoms with Crippen LogP contribution in [0.25, 0.3) is 0 Å². The lowest BCUT2D eigenvalue weighted by molar-refractivity contribution is 0.396. The first-order valence-electron chi connectivity index (χ1n) is 2.83. The monoisotopic (exact) mass is 130 g/mol. The highest BCUT2D eigenvalue weighted by Crippen LogP contribution is 1.95. The van der Waals surface area contributed by atoms with Gasteiger partial charge in [0.25, 0.3) is 0 Å². The van der Waals surface area contributed by atoms with Gasteiger partial charge in [0.05, 0.1) is 0 Å². The molecule has 0 aliphatic carbocycles. The van der Waals surface area contributed by atoms with Crippen molar-refractivity contribution in [3.05, 3.63) is 0 Å². The third kappa shape index (κ3) is 2.26. The van der Waals surface area contributed by atoms with Crippen molar-refractivity contribution in [1.29, 1.82) is 0 Å². The van der Waals surface area contributed by atoms with Gasteiger partial charge >= 0.3 is 0 Å². The Labute approximate surface area is 56.7 Å². The smallest absolute Gasteiger partial charge is 0.136 e. The molecule has 0 aromatic carbocycles. The number of rotatable bonds is 3. The number of nitrogens with zero attached hydrogens (tertiary/aromatic N) is 1. The van der Waals surface area contributed by atoms with Crippen LogP contribution in [-0.4, -0.2) is 23.5 Å². The molecule has 0 rings (SSSR count). The van der Waals surface area contributed by atoms with Crippen LogP contribution in [0, 0.1) is 0 Å². The zero-order chi connectivity index (χ0) is 6.57. The number of thiocarbonyl (C=S) groups is 1. The molecule has 0 aliphatic heterocycles. The number of hydrogen-bond acceptors (Lipinski definition) is 1. The van der Waals surface area contributed by atoms with Gasteiger partial charge in [-0.3, -0.25) is 0 Å². The van der Waals surface area contributed by atoms with E-state index in [0.29, 0.717) is 6.04 Å². The summed E-state index contributed by atoms with van der Waals surface area (Å²) in [5.74, 6) is 0. The van der Waals surface area contributed by atoms with Gasteiger partial charge in [0, 0.05) is 13.1 Å². The first kappa shape index (κ1) is 7.89. The van der Waals surface area contributed by atoms with Crippen molar-refractivity contribution < 1.29 is 0 Å². The van der Waals surface area contributed by atoms with Crippen LogP contribution in [0.5, 0.6) is 0 Å². The van der Waals surface area contributed by atoms with Crippen LogP contribution in [-0.2, 0) is 0 Å². The minimum atomic E-state index is 0.535. The van der Waals surface area contributed by atoms with E-state index in [0.717, 1.165) is 6.42 Å². The van der Waals surface area contributed by atoms with E-state index in [2.05, 4.69) is 31.6 Å². The summed E-state index contributed by atoms with van der Waals surface area (Å²) in [5, 5.41) is 0. The summed E-state index contributed by atoms with van der Waals surface area (Å²) in [4.78, 5) is 1.91. The van der Waals surface area contributed by atoms with Crippen molar-refractivity contribution in [2.45, 2.75) is 26.3 Å². The molecule has 0 saturated carbocycles. The van der Waals surface area contributed by atoms with E-state index in [1.54, 1.807) is 0 Å². The third-order valence-electron chi connectivity index (χ3n) is 1.40. The maximum Gasteiger partial charge on any atom is 0.136 e. The molecule has 47 valence electrons. The van der Waals surface area contributed by atoms with Crippen molar-refractivity contribution >= 4 is 17.7 Å². The van der Waals surface area contributed by atoms with Crippen LogP contribution in [0.2, 0.25) is 0 Å². The first-order valence-corrected chi connectivity index (χ1v) is 3.23. The molecule has 0 bridgehead atoms. The van der Waals surface area contributed by atoms with Gasteiger partial charge in [-0.15, -0.1) is 0 Å². The summed E-state index contributed by atoms with van der Waals surface area (Å²) in [7, 11) is 1.95. The lowest BCUT2D eigenvalue weighted by Gasteiger charge is -2.18. The van der Waals surface area contributed by atoms with Gasteiger partial charge in [0.1, 0.15) is 5.49 Å². The quantitative estimate of drug-likeness (QED) is 0.421. The molecule has 1 atom stereocenters. The van der Waals surface area contributed by atoms with Crippen LogP contribution in [0.3, 0.4) is 0 Å². The maximum atomic E-state index is 4.59. The van der Waals surface area contributed by atoms with Crippen LogP contribution in [0.4, 0.5) is 0 Å². The molecule has 0 fully saturated rings. The lowest BCUT2D eigenvalue weighted by Crippen LogP contribution is -2.25. The second-order valence-electron chi connectivity index (χ2n) is 1.96. The van der Waals surface area contributed by atoms with E-state index >= 15 is 0 Å². The second-order valence-corrected chi connectivity index (χ2v) is 2.14. The van der Waals surface area contributed by atoms with E-state index < -0.39 is 0 Å². The summed E-state index contributed by atoms with van der Waals surface area (Å²) in [5.41, 5.74) is 2.63. The Bertz CT molecular complexity index is 72.9. The summed E-state index contributed by atoms with van der Waals surface area (Å²) >= 11 is 4.59. The largest absolute Gasteiger partial charge is 0.361 e. The maximum absolute atomic E-state index is 4.59. The molecule has 0 aromatic rings. The van der Waals surface area contributed by atoms with Crippen LogP contribution in [0.1, 0.15) is 20.3 Å². The predicted octanol–water partition coefficient (Wildman–Crippen LogP) is 1.55. The molecule has 0 aliphatic rings. The number of hydrogen-bond donors (Lipinski definition) is 0. The Morgan fingerprint density at radius 3 is 2.38 bits per heavy atom. The topological polar surface area (TPSA) is 3.24 Å². The summed E-state index contributed by atoms with van der Waals surface area (Å²) < 4.78 is 0. The van der Waals surface area contributed by atoms with Crippen molar-refractivity contribution in [1.82, 2.24) is 4.90 Å². The van der Waals surface area contributed by atoms with Gasteiger partial charge in [-0.05, 0) is 13.3 Å². The van der Waals surface area contributed by atoms with E-state index in [1.807, 2.05) is 11.9 Å². The van der Waals surface area contributed by atoms with Crippen LogP contribution < -0.4 is 0 Å². The third-order valence-corrected chi connectivity index (χ3v) is 1.68. The molecule has 1 nitrogen and oxygen atoms in total. The molecule has 0 heterocycles. The minimum absolute atomic E-state index is 0.535. The SMILES string of the molecule is CCC(C)N(C)[C]=S. The summed E-state index contributed by atoms with van der Waals surface area (Å²) in [6, 6.07) is 0.535. The van der Waals surface area contributed by atoms with Gasteiger partial charge in [0.15, 0.2) is 0 Å². The standard InChI is InChI=1S/C6H12NS/c1-4-6(2)7(3)5-8/h6H,4H2,1-3H3. The van der Waals surface area contributed by atoms with Gasteiger partial charge in [-0.1, -0.05) is 19.1 Å². The van der Waals surface area contributed by atoms with E-state index in [9.17, 15) is 0 Å². The van der Waals surface area contributed by atoms with Crippen molar-refractivity contribution in [3.8, 4) is 0 Å². The average molecular weight is 130 g/mol. The van der Waals surface area contributed by atoms with Crippen molar-refractivity contribution in [2.75, 3.05) is 7.05 Å². The fraction of sp³-hybridized carbons (Fsp3) is 0.833. The molecule has 0 amide bonds. The zero-order valence-corrected chi connectivity index (χ0v) is 6.46. The van der Waals surface area contributed by atoms with Crippen molar-refractivity contribution in [2.24, 2.45) is 0 Å². The van der Waals surface area contributed by atoms with E-state index in [-0.39, 0.29) is 0 Å². The van der Waals surface area contributed by atoms with Gasteiger partial charge in [0.2, 0.25) is 0 Å². The second kappa shape index (κ2) is 3.84. The van der Waals surface area contributed by atoms with Gasteiger partial charge in [-0.25, -0.2) is 0 Å². The molecule has 0 saturated heterocycles. The molecule has 0 spiro atoms. The predicted molar refractivity (Wildman–Crippen MR) is 40.1 cm³/mol. The molecule has 0 aromatic heterocycles. The highest BCUT2D eigenvalue weighted by atomic mass is 32.1. The molecular weight excluding hydrogens is 118 g/mol. The molecule has 8 heavy (non-hydrogen) atoms. The normalized spacial score (nSPS) is 12.9.